The Bertz CT molecular complexity index is 899. The lowest BCUT2D eigenvalue weighted by molar-refractivity contribution is -0.136. The Hall–Kier alpha value is -2.86. The molecule has 0 aliphatic carbocycles. The molecule has 1 heterocycles. The molecule has 27 heavy (non-hydrogen) atoms. The van der Waals surface area contributed by atoms with Crippen LogP contribution in [0.5, 0.6) is 0 Å². The maximum absolute atomic E-state index is 12.8. The number of carbonyl (C=O) groups excluding carboxylic acids is 2. The van der Waals surface area contributed by atoms with Crippen LogP contribution < -0.4 is 4.90 Å². The number of aromatic carboxylic acids is 1. The van der Waals surface area contributed by atoms with Gasteiger partial charge in [0.25, 0.3) is 0 Å². The summed E-state index contributed by atoms with van der Waals surface area (Å²) in [6.45, 7) is 0.485. The van der Waals surface area contributed by atoms with E-state index in [0.29, 0.717) is 29.2 Å². The van der Waals surface area contributed by atoms with E-state index in [0.717, 1.165) is 0 Å². The third-order valence-corrected chi connectivity index (χ3v) is 5.03. The van der Waals surface area contributed by atoms with Crippen LogP contribution >= 0.6 is 11.6 Å². The zero-order valence-electron chi connectivity index (χ0n) is 14.8. The highest BCUT2D eigenvalue weighted by Gasteiger charge is 2.37. The molecule has 2 aromatic carbocycles. The fraction of sp³-hybridized carbons (Fsp3) is 0.250. The fourth-order valence-corrected chi connectivity index (χ4v) is 3.46. The van der Waals surface area contributed by atoms with Crippen LogP contribution in [0.15, 0.2) is 48.5 Å². The lowest BCUT2D eigenvalue weighted by atomic mass is 10.1. The number of hydrogen-bond donors (Lipinski definition) is 1. The van der Waals surface area contributed by atoms with Crippen molar-refractivity contribution in [2.24, 2.45) is 0 Å². The Morgan fingerprint density at radius 3 is 2.67 bits per heavy atom. The molecule has 3 rings (SSSR count). The average Bonchev–Trinajstić information content (AvgIpc) is 3.03. The van der Waals surface area contributed by atoms with Gasteiger partial charge in [0, 0.05) is 13.6 Å². The summed E-state index contributed by atoms with van der Waals surface area (Å²) >= 11 is 6.18. The van der Waals surface area contributed by atoms with E-state index >= 15 is 0 Å². The molecule has 1 aliphatic heterocycles. The van der Waals surface area contributed by atoms with Crippen LogP contribution in [-0.4, -0.2) is 47.4 Å². The molecule has 0 radical (unpaired) electrons. The number of halogens is 1. The molecule has 0 saturated carbocycles. The molecule has 0 bridgehead atoms. The average molecular weight is 387 g/mol. The van der Waals surface area contributed by atoms with Gasteiger partial charge in [0.15, 0.2) is 0 Å². The van der Waals surface area contributed by atoms with Gasteiger partial charge in [0.2, 0.25) is 11.8 Å². The summed E-state index contributed by atoms with van der Waals surface area (Å²) in [4.78, 5) is 39.5. The fourth-order valence-electron chi connectivity index (χ4n) is 3.22. The molecule has 1 aliphatic rings. The molecule has 1 N–H and O–H groups in total. The summed E-state index contributed by atoms with van der Waals surface area (Å²) in [5.41, 5.74) is 1.37. The topological polar surface area (TPSA) is 77.9 Å². The maximum atomic E-state index is 12.8. The van der Waals surface area contributed by atoms with Crippen LogP contribution in [0, 0.1) is 0 Å². The number of amides is 2. The third kappa shape index (κ3) is 3.95. The number of carbonyl (C=O) groups is 3. The molecule has 0 spiro atoms. The van der Waals surface area contributed by atoms with Gasteiger partial charge in [-0.05, 0) is 36.2 Å². The minimum Gasteiger partial charge on any atom is -0.478 e. The van der Waals surface area contributed by atoms with Crippen molar-refractivity contribution in [3.63, 3.8) is 0 Å². The lowest BCUT2D eigenvalue weighted by Gasteiger charge is -2.24. The summed E-state index contributed by atoms with van der Waals surface area (Å²) in [7, 11) is 1.60. The van der Waals surface area contributed by atoms with E-state index < -0.39 is 12.0 Å². The van der Waals surface area contributed by atoms with Crippen LogP contribution in [0.3, 0.4) is 0 Å². The Morgan fingerprint density at radius 2 is 1.96 bits per heavy atom. The SMILES string of the molecule is CN(C(=O)Cc1cccc(C(=O)O)c1)C1CCN(c2ccccc2Cl)C1=O. The van der Waals surface area contributed by atoms with Gasteiger partial charge < -0.3 is 14.9 Å². The quantitative estimate of drug-likeness (QED) is 0.857. The first kappa shape index (κ1) is 18.9. The van der Waals surface area contributed by atoms with E-state index in [1.54, 1.807) is 42.3 Å². The number of para-hydroxylation sites is 1. The number of anilines is 1. The van der Waals surface area contributed by atoms with Gasteiger partial charge >= 0.3 is 5.97 Å². The largest absolute Gasteiger partial charge is 0.478 e. The molecule has 1 atom stereocenters. The number of carboxylic acid groups (broad SMARTS) is 1. The summed E-state index contributed by atoms with van der Waals surface area (Å²) in [5.74, 6) is -1.45. The van der Waals surface area contributed by atoms with Gasteiger partial charge in [0.05, 0.1) is 22.7 Å². The van der Waals surface area contributed by atoms with Crippen molar-refractivity contribution in [3.8, 4) is 0 Å². The first-order valence-electron chi connectivity index (χ1n) is 8.52. The minimum absolute atomic E-state index is 0.0352. The molecular formula is C20H19ClN2O4. The van der Waals surface area contributed by atoms with Crippen LogP contribution in [0.25, 0.3) is 0 Å². The Kier molecular flexibility index (Phi) is 5.46. The number of nitrogens with zero attached hydrogens (tertiary/aromatic N) is 2. The third-order valence-electron chi connectivity index (χ3n) is 4.71. The van der Waals surface area contributed by atoms with Crippen LogP contribution in [-0.2, 0) is 16.0 Å². The predicted molar refractivity (Wildman–Crippen MR) is 102 cm³/mol. The van der Waals surface area contributed by atoms with Crippen molar-refractivity contribution in [1.29, 1.82) is 0 Å². The van der Waals surface area contributed by atoms with Crippen LogP contribution in [0.1, 0.15) is 22.3 Å². The van der Waals surface area contributed by atoms with Crippen molar-refractivity contribution in [3.05, 3.63) is 64.7 Å². The highest BCUT2D eigenvalue weighted by atomic mass is 35.5. The van der Waals surface area contributed by atoms with E-state index in [2.05, 4.69) is 0 Å². The minimum atomic E-state index is -1.04. The van der Waals surface area contributed by atoms with Gasteiger partial charge in [-0.2, -0.15) is 0 Å². The lowest BCUT2D eigenvalue weighted by Crippen LogP contribution is -2.43. The smallest absolute Gasteiger partial charge is 0.335 e. The molecule has 6 nitrogen and oxygen atoms in total. The van der Waals surface area contributed by atoms with Gasteiger partial charge in [-0.25, -0.2) is 4.79 Å². The van der Waals surface area contributed by atoms with Crippen LogP contribution in [0.2, 0.25) is 5.02 Å². The molecule has 1 fully saturated rings. The first-order chi connectivity index (χ1) is 12.9. The second-order valence-electron chi connectivity index (χ2n) is 6.43. The van der Waals surface area contributed by atoms with Crippen molar-refractivity contribution in [1.82, 2.24) is 4.90 Å². The van der Waals surface area contributed by atoms with Crippen molar-refractivity contribution >= 4 is 35.1 Å². The van der Waals surface area contributed by atoms with Crippen molar-refractivity contribution < 1.29 is 19.5 Å². The van der Waals surface area contributed by atoms with E-state index in [9.17, 15) is 14.4 Å². The zero-order valence-corrected chi connectivity index (χ0v) is 15.5. The molecule has 0 aromatic heterocycles. The van der Waals surface area contributed by atoms with Gasteiger partial charge in [-0.15, -0.1) is 0 Å². The van der Waals surface area contributed by atoms with Crippen LogP contribution in [0.4, 0.5) is 5.69 Å². The second kappa shape index (κ2) is 7.80. The standard InChI is InChI=1S/C20H19ClN2O4/c1-22(18(24)12-13-5-4-6-14(11-13)20(26)27)17-9-10-23(19(17)25)16-8-3-2-7-15(16)21/h2-8,11,17H,9-10,12H2,1H3,(H,26,27). The number of hydrogen-bond acceptors (Lipinski definition) is 3. The second-order valence-corrected chi connectivity index (χ2v) is 6.84. The maximum Gasteiger partial charge on any atom is 0.335 e. The van der Waals surface area contributed by atoms with E-state index in [4.69, 9.17) is 16.7 Å². The Balaban J connectivity index is 1.71. The summed E-state index contributed by atoms with van der Waals surface area (Å²) in [6, 6.07) is 12.8. The normalized spacial score (nSPS) is 16.4. The summed E-state index contributed by atoms with van der Waals surface area (Å²) < 4.78 is 0. The van der Waals surface area contributed by atoms with Gasteiger partial charge in [0.1, 0.15) is 6.04 Å². The van der Waals surface area contributed by atoms with Crippen molar-refractivity contribution in [2.75, 3.05) is 18.5 Å². The zero-order chi connectivity index (χ0) is 19.6. The number of carboxylic acids is 1. The van der Waals surface area contributed by atoms with Gasteiger partial charge in [-0.1, -0.05) is 35.9 Å². The van der Waals surface area contributed by atoms with E-state index in [-0.39, 0.29) is 23.8 Å². The highest BCUT2D eigenvalue weighted by molar-refractivity contribution is 6.34. The first-order valence-corrected chi connectivity index (χ1v) is 8.90. The summed E-state index contributed by atoms with van der Waals surface area (Å²) in [5, 5.41) is 9.56. The van der Waals surface area contributed by atoms with E-state index in [1.807, 2.05) is 6.07 Å². The number of rotatable bonds is 5. The molecule has 2 amide bonds. The molecular weight excluding hydrogens is 368 g/mol. The molecule has 7 heteroatoms. The van der Waals surface area contributed by atoms with Crippen molar-refractivity contribution in [2.45, 2.75) is 18.9 Å². The highest BCUT2D eigenvalue weighted by Crippen LogP contribution is 2.30. The number of benzene rings is 2. The molecule has 1 unspecified atom stereocenters. The molecule has 2 aromatic rings. The Labute approximate surface area is 162 Å². The van der Waals surface area contributed by atoms with Gasteiger partial charge in [-0.3, -0.25) is 9.59 Å². The number of likely N-dealkylation sites (N-methyl/N-ethyl adjacent to an activating group) is 1. The predicted octanol–water partition coefficient (Wildman–Crippen LogP) is 2.84. The van der Waals surface area contributed by atoms with E-state index in [1.165, 1.54) is 17.0 Å². The molecule has 140 valence electrons. The monoisotopic (exact) mass is 386 g/mol. The molecule has 1 saturated heterocycles. The Morgan fingerprint density at radius 1 is 1.22 bits per heavy atom. The summed E-state index contributed by atoms with van der Waals surface area (Å²) in [6.07, 6.45) is 0.551.